The SMILES string of the molecule is CCOC(=O)c1ccc(NC(=O)N(Cc2nc(C(=O)NC(C)C)cs2)C(C)C)cc1. The van der Waals surface area contributed by atoms with Crippen molar-refractivity contribution >= 4 is 34.9 Å². The number of nitrogens with zero attached hydrogens (tertiary/aromatic N) is 2. The molecule has 162 valence electrons. The lowest BCUT2D eigenvalue weighted by atomic mass is 10.2. The molecule has 0 saturated heterocycles. The summed E-state index contributed by atoms with van der Waals surface area (Å²) < 4.78 is 4.96. The Balaban J connectivity index is 2.04. The van der Waals surface area contributed by atoms with Gasteiger partial charge < -0.3 is 20.3 Å². The lowest BCUT2D eigenvalue weighted by Crippen LogP contribution is -2.39. The molecule has 9 heteroatoms. The van der Waals surface area contributed by atoms with Crippen molar-refractivity contribution in [3.05, 3.63) is 45.9 Å². The molecular formula is C21H28N4O4S. The van der Waals surface area contributed by atoms with Crippen molar-refractivity contribution < 1.29 is 19.1 Å². The fourth-order valence-electron chi connectivity index (χ4n) is 2.56. The Morgan fingerprint density at radius 1 is 1.13 bits per heavy atom. The highest BCUT2D eigenvalue weighted by Gasteiger charge is 2.20. The predicted octanol–water partition coefficient (Wildman–Crippen LogP) is 3.90. The van der Waals surface area contributed by atoms with Gasteiger partial charge in [-0.1, -0.05) is 0 Å². The summed E-state index contributed by atoms with van der Waals surface area (Å²) in [6.07, 6.45) is 0. The minimum absolute atomic E-state index is 0.0239. The van der Waals surface area contributed by atoms with Crippen LogP contribution in [0.4, 0.5) is 10.5 Å². The molecule has 0 aliphatic carbocycles. The third-order valence-electron chi connectivity index (χ3n) is 4.04. The van der Waals surface area contributed by atoms with E-state index >= 15 is 0 Å². The van der Waals surface area contributed by atoms with E-state index in [1.54, 1.807) is 41.5 Å². The number of carbonyl (C=O) groups excluding carboxylic acids is 3. The Labute approximate surface area is 180 Å². The number of aromatic nitrogens is 1. The maximum absolute atomic E-state index is 12.8. The summed E-state index contributed by atoms with van der Waals surface area (Å²) in [6, 6.07) is 6.16. The number of hydrogen-bond donors (Lipinski definition) is 2. The second-order valence-corrected chi connectivity index (χ2v) is 8.15. The molecule has 0 aliphatic rings. The van der Waals surface area contributed by atoms with E-state index in [1.165, 1.54) is 11.3 Å². The lowest BCUT2D eigenvalue weighted by molar-refractivity contribution is 0.0526. The van der Waals surface area contributed by atoms with Crippen LogP contribution in [0, 0.1) is 0 Å². The minimum atomic E-state index is -0.403. The maximum atomic E-state index is 12.8. The molecule has 0 spiro atoms. The molecule has 0 unspecified atom stereocenters. The van der Waals surface area contributed by atoms with Crippen molar-refractivity contribution in [3.63, 3.8) is 0 Å². The van der Waals surface area contributed by atoms with Crippen LogP contribution in [0.25, 0.3) is 0 Å². The number of nitrogens with one attached hydrogen (secondary N) is 2. The summed E-state index contributed by atoms with van der Waals surface area (Å²) in [6.45, 7) is 9.91. The van der Waals surface area contributed by atoms with Gasteiger partial charge in [-0.2, -0.15) is 0 Å². The monoisotopic (exact) mass is 432 g/mol. The average Bonchev–Trinajstić information content (AvgIpc) is 3.15. The molecule has 2 aromatic rings. The average molecular weight is 433 g/mol. The summed E-state index contributed by atoms with van der Waals surface area (Å²) in [5.41, 5.74) is 1.34. The molecule has 2 N–H and O–H groups in total. The molecule has 0 bridgehead atoms. The van der Waals surface area contributed by atoms with Crippen LogP contribution in [0.1, 0.15) is 60.5 Å². The number of rotatable bonds is 8. The first-order valence-electron chi connectivity index (χ1n) is 9.81. The van der Waals surface area contributed by atoms with E-state index < -0.39 is 5.97 Å². The topological polar surface area (TPSA) is 101 Å². The molecule has 3 amide bonds. The van der Waals surface area contributed by atoms with Gasteiger partial charge in [0.15, 0.2) is 0 Å². The van der Waals surface area contributed by atoms with Gasteiger partial charge in [-0.15, -0.1) is 11.3 Å². The third kappa shape index (κ3) is 6.55. The van der Waals surface area contributed by atoms with E-state index in [9.17, 15) is 14.4 Å². The molecule has 0 fully saturated rings. The summed E-state index contributed by atoms with van der Waals surface area (Å²) in [5, 5.41) is 8.00. The van der Waals surface area contributed by atoms with E-state index in [0.29, 0.717) is 28.6 Å². The minimum Gasteiger partial charge on any atom is -0.462 e. The van der Waals surface area contributed by atoms with Crippen molar-refractivity contribution in [2.75, 3.05) is 11.9 Å². The second-order valence-electron chi connectivity index (χ2n) is 7.20. The van der Waals surface area contributed by atoms with Crippen LogP contribution >= 0.6 is 11.3 Å². The van der Waals surface area contributed by atoms with Crippen LogP contribution in [-0.4, -0.2) is 46.5 Å². The quantitative estimate of drug-likeness (QED) is 0.616. The van der Waals surface area contributed by atoms with Gasteiger partial charge in [-0.3, -0.25) is 4.79 Å². The van der Waals surface area contributed by atoms with Gasteiger partial charge in [0.05, 0.1) is 18.7 Å². The van der Waals surface area contributed by atoms with Gasteiger partial charge in [0.2, 0.25) is 0 Å². The van der Waals surface area contributed by atoms with E-state index in [4.69, 9.17) is 4.74 Å². The Morgan fingerprint density at radius 3 is 2.37 bits per heavy atom. The van der Waals surface area contributed by atoms with Crippen molar-refractivity contribution in [1.29, 1.82) is 0 Å². The smallest absolute Gasteiger partial charge is 0.338 e. The number of benzene rings is 1. The molecule has 0 radical (unpaired) electrons. The molecule has 1 aromatic carbocycles. The lowest BCUT2D eigenvalue weighted by Gasteiger charge is -2.26. The number of anilines is 1. The second kappa shape index (κ2) is 10.7. The molecule has 0 saturated carbocycles. The third-order valence-corrected chi connectivity index (χ3v) is 4.87. The molecule has 1 aromatic heterocycles. The molecular weight excluding hydrogens is 404 g/mol. The molecule has 1 heterocycles. The first-order chi connectivity index (χ1) is 14.2. The van der Waals surface area contributed by atoms with E-state index in [2.05, 4.69) is 15.6 Å². The highest BCUT2D eigenvalue weighted by Crippen LogP contribution is 2.17. The van der Waals surface area contributed by atoms with Gasteiger partial charge in [0, 0.05) is 23.2 Å². The number of urea groups is 1. The number of hydrogen-bond acceptors (Lipinski definition) is 6. The zero-order valence-electron chi connectivity index (χ0n) is 17.9. The molecule has 30 heavy (non-hydrogen) atoms. The van der Waals surface area contributed by atoms with Crippen LogP contribution in [0.3, 0.4) is 0 Å². The van der Waals surface area contributed by atoms with E-state index in [-0.39, 0.29) is 30.6 Å². The Bertz CT molecular complexity index is 877. The highest BCUT2D eigenvalue weighted by molar-refractivity contribution is 7.09. The maximum Gasteiger partial charge on any atom is 0.338 e. The predicted molar refractivity (Wildman–Crippen MR) is 117 cm³/mol. The molecule has 2 rings (SSSR count). The number of carbonyl (C=O) groups is 3. The molecule has 8 nitrogen and oxygen atoms in total. The number of amides is 3. The van der Waals surface area contributed by atoms with Gasteiger partial charge >= 0.3 is 12.0 Å². The van der Waals surface area contributed by atoms with Crippen molar-refractivity contribution in [1.82, 2.24) is 15.2 Å². The first-order valence-corrected chi connectivity index (χ1v) is 10.7. The number of ether oxygens (including phenoxy) is 1. The highest BCUT2D eigenvalue weighted by atomic mass is 32.1. The van der Waals surface area contributed by atoms with Crippen molar-refractivity contribution in [2.24, 2.45) is 0 Å². The summed E-state index contributed by atoms with van der Waals surface area (Å²) in [4.78, 5) is 42.6. The van der Waals surface area contributed by atoms with E-state index in [1.807, 2.05) is 27.7 Å². The first kappa shape index (κ1) is 23.3. The fourth-order valence-corrected chi connectivity index (χ4v) is 3.33. The van der Waals surface area contributed by atoms with Crippen molar-refractivity contribution in [2.45, 2.75) is 53.2 Å². The van der Waals surface area contributed by atoms with E-state index in [0.717, 1.165) is 0 Å². The zero-order chi connectivity index (χ0) is 22.3. The number of thiazole rings is 1. The van der Waals surface area contributed by atoms with Crippen LogP contribution < -0.4 is 10.6 Å². The molecule has 0 atom stereocenters. The molecule has 0 aliphatic heterocycles. The Kier molecular flexibility index (Phi) is 8.35. The largest absolute Gasteiger partial charge is 0.462 e. The van der Waals surface area contributed by atoms with Crippen LogP contribution in [0.5, 0.6) is 0 Å². The van der Waals surface area contributed by atoms with Crippen LogP contribution in [0.15, 0.2) is 29.6 Å². The summed E-state index contributed by atoms with van der Waals surface area (Å²) in [7, 11) is 0. The van der Waals surface area contributed by atoms with Gasteiger partial charge in [-0.25, -0.2) is 14.6 Å². The zero-order valence-corrected chi connectivity index (χ0v) is 18.7. The normalized spacial score (nSPS) is 10.8. The van der Waals surface area contributed by atoms with Gasteiger partial charge in [-0.05, 0) is 58.9 Å². The van der Waals surface area contributed by atoms with Crippen molar-refractivity contribution in [3.8, 4) is 0 Å². The van der Waals surface area contributed by atoms with Gasteiger partial charge in [0.1, 0.15) is 10.7 Å². The fraction of sp³-hybridized carbons (Fsp3) is 0.429. The van der Waals surface area contributed by atoms with Crippen LogP contribution in [-0.2, 0) is 11.3 Å². The van der Waals surface area contributed by atoms with Gasteiger partial charge in [0.25, 0.3) is 5.91 Å². The summed E-state index contributed by atoms with van der Waals surface area (Å²) in [5.74, 6) is -0.630. The Hall–Kier alpha value is -2.94. The Morgan fingerprint density at radius 2 is 1.80 bits per heavy atom. The number of esters is 1. The standard InChI is InChI=1S/C21H28N4O4S/c1-6-29-20(27)15-7-9-16(10-8-15)23-21(28)25(14(4)5)11-18-24-17(12-30-18)19(26)22-13(2)3/h7-10,12-14H,6,11H2,1-5H3,(H,22,26)(H,23,28). The van der Waals surface area contributed by atoms with Crippen LogP contribution in [0.2, 0.25) is 0 Å². The summed E-state index contributed by atoms with van der Waals surface area (Å²) >= 11 is 1.34.